The van der Waals surface area contributed by atoms with Gasteiger partial charge in [0.15, 0.2) is 0 Å². The molecule has 0 saturated carbocycles. The molecule has 0 aliphatic rings. The normalized spacial score (nSPS) is 10.2. The Bertz CT molecular complexity index is 461. The summed E-state index contributed by atoms with van der Waals surface area (Å²) in [6.45, 7) is 0. The third kappa shape index (κ3) is 1.89. The van der Waals surface area contributed by atoms with Gasteiger partial charge in [-0.15, -0.1) is 0 Å². The molecule has 0 atom stereocenters. The third-order valence-corrected chi connectivity index (χ3v) is 3.01. The van der Waals surface area contributed by atoms with Crippen LogP contribution in [-0.4, -0.2) is 16.9 Å². The van der Waals surface area contributed by atoms with Crippen molar-refractivity contribution in [1.82, 2.24) is 0 Å². The Morgan fingerprint density at radius 2 is 1.31 bits per heavy atom. The molecule has 1 aromatic rings. The molecule has 1 rings (SSSR count). The van der Waals surface area contributed by atoms with E-state index < -0.39 is 33.2 Å². The predicted molar refractivity (Wildman–Crippen MR) is 60.2 cm³/mol. The lowest BCUT2D eigenvalue weighted by molar-refractivity contribution is 0.0997. The molecule has 0 spiro atoms. The molecule has 0 heterocycles. The zero-order chi connectivity index (χ0) is 12.6. The fourth-order valence-electron chi connectivity index (χ4n) is 1.09. The summed E-state index contributed by atoms with van der Waals surface area (Å²) in [5, 5.41) is 8.32. The van der Waals surface area contributed by atoms with E-state index in [4.69, 9.17) is 46.3 Å². The Hall–Kier alpha value is -1.17. The highest BCUT2D eigenvalue weighted by Gasteiger charge is 2.26. The molecule has 0 fully saturated rings. The van der Waals surface area contributed by atoms with Crippen LogP contribution in [0.4, 0.5) is 0 Å². The third-order valence-electron chi connectivity index (χ3n) is 1.79. The summed E-state index contributed by atoms with van der Waals surface area (Å²) in [7, 11) is 0. The molecule has 0 radical (unpaired) electrons. The van der Waals surface area contributed by atoms with Crippen LogP contribution in [0.15, 0.2) is 0 Å². The van der Waals surface area contributed by atoms with E-state index in [-0.39, 0.29) is 10.6 Å². The molecular formula is C8H5Cl3N2O3. The van der Waals surface area contributed by atoms with Crippen LogP contribution >= 0.6 is 34.8 Å². The van der Waals surface area contributed by atoms with Gasteiger partial charge in [-0.25, -0.2) is 0 Å². The predicted octanol–water partition coefficient (Wildman–Crippen LogP) is 1.55. The summed E-state index contributed by atoms with van der Waals surface area (Å²) in [6.07, 6.45) is 0. The molecular weight excluding hydrogens is 278 g/mol. The zero-order valence-corrected chi connectivity index (χ0v) is 9.82. The van der Waals surface area contributed by atoms with Gasteiger partial charge in [-0.3, -0.25) is 9.59 Å². The largest absolute Gasteiger partial charge is 0.505 e. The Morgan fingerprint density at radius 3 is 1.69 bits per heavy atom. The van der Waals surface area contributed by atoms with Crippen LogP contribution in [0, 0.1) is 0 Å². The van der Waals surface area contributed by atoms with Crippen molar-refractivity contribution in [3.8, 4) is 5.75 Å². The Labute approximate surface area is 105 Å². The monoisotopic (exact) mass is 282 g/mol. The first kappa shape index (κ1) is 12.9. The number of benzene rings is 1. The summed E-state index contributed by atoms with van der Waals surface area (Å²) in [4.78, 5) is 22.0. The van der Waals surface area contributed by atoms with Crippen molar-refractivity contribution in [2.75, 3.05) is 0 Å². The first-order chi connectivity index (χ1) is 7.29. The topological polar surface area (TPSA) is 106 Å². The highest BCUT2D eigenvalue weighted by Crippen LogP contribution is 2.42. The molecule has 0 bridgehead atoms. The quantitative estimate of drug-likeness (QED) is 0.717. The van der Waals surface area contributed by atoms with Gasteiger partial charge in [0.25, 0.3) is 11.8 Å². The second kappa shape index (κ2) is 4.37. The molecule has 86 valence electrons. The van der Waals surface area contributed by atoms with E-state index in [1.807, 2.05) is 0 Å². The van der Waals surface area contributed by atoms with Gasteiger partial charge in [0.1, 0.15) is 16.3 Å². The fraction of sp³-hybridized carbons (Fsp3) is 0. The summed E-state index contributed by atoms with van der Waals surface area (Å²) in [5.41, 5.74) is 9.11. The van der Waals surface area contributed by atoms with Gasteiger partial charge >= 0.3 is 0 Å². The molecule has 8 heteroatoms. The second-order valence-electron chi connectivity index (χ2n) is 2.77. The van der Waals surface area contributed by atoms with Gasteiger partial charge in [-0.2, -0.15) is 0 Å². The maximum Gasteiger partial charge on any atom is 0.254 e. The Balaban J connectivity index is 3.80. The number of rotatable bonds is 2. The number of phenols is 1. The van der Waals surface area contributed by atoms with E-state index in [1.54, 1.807) is 0 Å². The lowest BCUT2D eigenvalue weighted by atomic mass is 10.1. The minimum atomic E-state index is -1.05. The number of carbonyl (C=O) groups is 2. The standard InChI is InChI=1S/C8H5Cl3N2O3/c9-3-1(7(12)15)4(10)5(11)6(14)2(3)8(13)16/h14H,(H2,12,15)(H2,13,16). The summed E-state index contributed by atoms with van der Waals surface area (Å²) >= 11 is 16.9. The first-order valence-electron chi connectivity index (χ1n) is 3.78. The minimum absolute atomic E-state index is 0.332. The summed E-state index contributed by atoms with van der Waals surface area (Å²) in [5.74, 6) is -2.72. The number of halogens is 3. The van der Waals surface area contributed by atoms with E-state index in [0.717, 1.165) is 0 Å². The van der Waals surface area contributed by atoms with Crippen LogP contribution in [-0.2, 0) is 0 Å². The van der Waals surface area contributed by atoms with E-state index in [2.05, 4.69) is 0 Å². The average Bonchev–Trinajstić information content (AvgIpc) is 2.13. The van der Waals surface area contributed by atoms with Gasteiger partial charge in [-0.05, 0) is 0 Å². The van der Waals surface area contributed by atoms with Crippen molar-refractivity contribution in [3.63, 3.8) is 0 Å². The van der Waals surface area contributed by atoms with Crippen molar-refractivity contribution in [2.45, 2.75) is 0 Å². The number of nitrogens with two attached hydrogens (primary N) is 2. The second-order valence-corrected chi connectivity index (χ2v) is 3.90. The molecule has 0 aliphatic carbocycles. The van der Waals surface area contributed by atoms with Crippen molar-refractivity contribution >= 4 is 46.6 Å². The smallest absolute Gasteiger partial charge is 0.254 e. The molecule has 0 unspecified atom stereocenters. The van der Waals surface area contributed by atoms with Crippen molar-refractivity contribution < 1.29 is 14.7 Å². The lowest BCUT2D eigenvalue weighted by Gasteiger charge is -2.11. The minimum Gasteiger partial charge on any atom is -0.505 e. The van der Waals surface area contributed by atoms with Gasteiger partial charge in [0.2, 0.25) is 0 Å². The average molecular weight is 283 g/mol. The van der Waals surface area contributed by atoms with Gasteiger partial charge in [0.05, 0.1) is 15.6 Å². The van der Waals surface area contributed by atoms with Crippen LogP contribution < -0.4 is 11.5 Å². The van der Waals surface area contributed by atoms with Gasteiger partial charge in [-0.1, -0.05) is 34.8 Å². The maximum absolute atomic E-state index is 11.0. The van der Waals surface area contributed by atoms with E-state index in [1.165, 1.54) is 0 Å². The number of hydrogen-bond donors (Lipinski definition) is 3. The number of aromatic hydroxyl groups is 1. The van der Waals surface area contributed by atoms with E-state index in [9.17, 15) is 14.7 Å². The molecule has 0 aliphatic heterocycles. The molecule has 0 aromatic heterocycles. The summed E-state index contributed by atoms with van der Waals surface area (Å²) in [6, 6.07) is 0. The molecule has 16 heavy (non-hydrogen) atoms. The molecule has 0 saturated heterocycles. The number of primary amides is 2. The Morgan fingerprint density at radius 1 is 0.875 bits per heavy atom. The highest BCUT2D eigenvalue weighted by atomic mass is 35.5. The van der Waals surface area contributed by atoms with Crippen LogP contribution in [0.5, 0.6) is 5.75 Å². The van der Waals surface area contributed by atoms with Crippen molar-refractivity contribution in [1.29, 1.82) is 0 Å². The maximum atomic E-state index is 11.0. The van der Waals surface area contributed by atoms with Crippen LogP contribution in [0.3, 0.4) is 0 Å². The number of hydrogen-bond acceptors (Lipinski definition) is 3. The fourth-order valence-corrected chi connectivity index (χ4v) is 1.97. The molecule has 5 nitrogen and oxygen atoms in total. The van der Waals surface area contributed by atoms with Crippen molar-refractivity contribution in [2.24, 2.45) is 11.5 Å². The Kier molecular flexibility index (Phi) is 3.52. The van der Waals surface area contributed by atoms with Crippen molar-refractivity contribution in [3.05, 3.63) is 26.2 Å². The SMILES string of the molecule is NC(=O)c1c(O)c(Cl)c(Cl)c(C(N)=O)c1Cl. The van der Waals surface area contributed by atoms with Gasteiger partial charge in [0, 0.05) is 0 Å². The molecule has 2 amide bonds. The first-order valence-corrected chi connectivity index (χ1v) is 4.91. The molecule has 5 N–H and O–H groups in total. The van der Waals surface area contributed by atoms with E-state index in [0.29, 0.717) is 0 Å². The van der Waals surface area contributed by atoms with Crippen LogP contribution in [0.2, 0.25) is 15.1 Å². The molecule has 1 aromatic carbocycles. The lowest BCUT2D eigenvalue weighted by Crippen LogP contribution is -2.18. The highest BCUT2D eigenvalue weighted by molar-refractivity contribution is 6.48. The summed E-state index contributed by atoms with van der Waals surface area (Å²) < 4.78 is 0. The number of amides is 2. The van der Waals surface area contributed by atoms with Gasteiger partial charge < -0.3 is 16.6 Å². The van der Waals surface area contributed by atoms with Crippen LogP contribution in [0.25, 0.3) is 0 Å². The zero-order valence-electron chi connectivity index (χ0n) is 7.55. The van der Waals surface area contributed by atoms with E-state index >= 15 is 0 Å². The van der Waals surface area contributed by atoms with Crippen LogP contribution in [0.1, 0.15) is 20.7 Å². The number of carbonyl (C=O) groups excluding carboxylic acids is 2.